The van der Waals surface area contributed by atoms with Gasteiger partial charge in [0.25, 0.3) is 0 Å². The molecule has 0 aliphatic heterocycles. The fourth-order valence-electron chi connectivity index (χ4n) is 1.12. The molecule has 0 heterocycles. The van der Waals surface area contributed by atoms with E-state index in [1.165, 1.54) is 0 Å². The largest absolute Gasteiger partial charge is 0.394 e. The van der Waals surface area contributed by atoms with Crippen molar-refractivity contribution in [1.29, 1.82) is 0 Å². The molecule has 0 aliphatic carbocycles. The van der Waals surface area contributed by atoms with E-state index in [2.05, 4.69) is 20.4 Å². The lowest BCUT2D eigenvalue weighted by atomic mass is 10.3. The van der Waals surface area contributed by atoms with Gasteiger partial charge in [0.05, 0.1) is 5.69 Å². The second-order valence-corrected chi connectivity index (χ2v) is 4.40. The van der Waals surface area contributed by atoms with Gasteiger partial charge in [0.2, 0.25) is 0 Å². The topological polar surface area (TPSA) is 40.0 Å². The summed E-state index contributed by atoms with van der Waals surface area (Å²) in [5.41, 5.74) is 2.05. The van der Waals surface area contributed by atoms with Crippen molar-refractivity contribution >= 4 is 23.1 Å². The van der Waals surface area contributed by atoms with Gasteiger partial charge in [-0.1, -0.05) is 0 Å². The molecule has 0 unspecified atom stereocenters. The minimum Gasteiger partial charge on any atom is -0.394 e. The highest BCUT2D eigenvalue weighted by Gasteiger charge is 1.94. The Kier molecular flexibility index (Phi) is 6.17. The molecule has 0 spiro atoms. The van der Waals surface area contributed by atoms with Crippen LogP contribution >= 0.6 is 11.8 Å². The second kappa shape index (κ2) is 7.73. The summed E-state index contributed by atoms with van der Waals surface area (Å²) in [4.78, 5) is 2.05. The SMILES string of the molecule is CN/C=C\SCN=Nc1ccc(N(C)C)cc1. The smallest absolute Gasteiger partial charge is 0.110 e. The van der Waals surface area contributed by atoms with Crippen molar-refractivity contribution in [1.82, 2.24) is 5.32 Å². The Morgan fingerprint density at radius 3 is 2.59 bits per heavy atom. The Bertz CT molecular complexity index is 371. The van der Waals surface area contributed by atoms with Gasteiger partial charge < -0.3 is 10.2 Å². The van der Waals surface area contributed by atoms with Gasteiger partial charge in [0.15, 0.2) is 0 Å². The van der Waals surface area contributed by atoms with Crippen molar-refractivity contribution < 1.29 is 0 Å². The van der Waals surface area contributed by atoms with Crippen molar-refractivity contribution in [3.8, 4) is 0 Å². The van der Waals surface area contributed by atoms with Crippen molar-refractivity contribution in [2.45, 2.75) is 0 Å². The number of rotatable bonds is 6. The number of hydrogen-bond donors (Lipinski definition) is 1. The molecular formula is C12H18N4S. The Morgan fingerprint density at radius 1 is 1.29 bits per heavy atom. The monoisotopic (exact) mass is 250 g/mol. The van der Waals surface area contributed by atoms with Crippen LogP contribution < -0.4 is 10.2 Å². The van der Waals surface area contributed by atoms with Gasteiger partial charge in [0.1, 0.15) is 5.88 Å². The van der Waals surface area contributed by atoms with Crippen molar-refractivity contribution in [2.75, 3.05) is 31.9 Å². The molecule has 0 amide bonds. The summed E-state index contributed by atoms with van der Waals surface area (Å²) in [5, 5.41) is 13.1. The predicted octanol–water partition coefficient (Wildman–Crippen LogP) is 3.22. The van der Waals surface area contributed by atoms with E-state index >= 15 is 0 Å². The third kappa shape index (κ3) is 5.40. The predicted molar refractivity (Wildman–Crippen MR) is 75.9 cm³/mol. The summed E-state index contributed by atoms with van der Waals surface area (Å²) in [6, 6.07) is 7.99. The molecule has 0 bridgehead atoms. The molecule has 1 N–H and O–H groups in total. The highest BCUT2D eigenvalue weighted by molar-refractivity contribution is 8.02. The third-order valence-corrected chi connectivity index (χ3v) is 2.61. The Labute approximate surface area is 107 Å². The minimum absolute atomic E-state index is 0.633. The summed E-state index contributed by atoms with van der Waals surface area (Å²) < 4.78 is 0. The molecule has 0 radical (unpaired) electrons. The Morgan fingerprint density at radius 2 is 2.00 bits per heavy atom. The molecule has 0 atom stereocenters. The quantitative estimate of drug-likeness (QED) is 0.622. The second-order valence-electron chi connectivity index (χ2n) is 3.54. The lowest BCUT2D eigenvalue weighted by molar-refractivity contribution is 1.11. The number of azo groups is 1. The van der Waals surface area contributed by atoms with Crippen LogP contribution in [-0.4, -0.2) is 27.0 Å². The van der Waals surface area contributed by atoms with Gasteiger partial charge in [-0.25, -0.2) is 0 Å². The van der Waals surface area contributed by atoms with Gasteiger partial charge in [-0.15, -0.1) is 11.8 Å². The van der Waals surface area contributed by atoms with Crippen LogP contribution in [0.5, 0.6) is 0 Å². The molecule has 0 fully saturated rings. The molecule has 1 rings (SSSR count). The number of nitrogens with one attached hydrogen (secondary N) is 1. The maximum Gasteiger partial charge on any atom is 0.110 e. The normalized spacial score (nSPS) is 11.2. The maximum atomic E-state index is 4.14. The third-order valence-electron chi connectivity index (χ3n) is 2.02. The molecule has 0 saturated heterocycles. The van der Waals surface area contributed by atoms with E-state index in [1.807, 2.05) is 57.0 Å². The maximum absolute atomic E-state index is 4.14. The summed E-state index contributed by atoms with van der Waals surface area (Å²) >= 11 is 1.59. The van der Waals surface area contributed by atoms with Crippen LogP contribution in [0.3, 0.4) is 0 Å². The summed E-state index contributed by atoms with van der Waals surface area (Å²) in [5.74, 6) is 0.633. The van der Waals surface area contributed by atoms with Crippen molar-refractivity contribution in [3.05, 3.63) is 35.9 Å². The molecule has 4 nitrogen and oxygen atoms in total. The summed E-state index contributed by atoms with van der Waals surface area (Å²) in [7, 11) is 5.90. The first-order valence-electron chi connectivity index (χ1n) is 5.33. The van der Waals surface area contributed by atoms with Gasteiger partial charge in [-0.05, 0) is 29.7 Å². The number of anilines is 1. The van der Waals surface area contributed by atoms with E-state index < -0.39 is 0 Å². The van der Waals surface area contributed by atoms with Crippen LogP contribution in [-0.2, 0) is 0 Å². The fraction of sp³-hybridized carbons (Fsp3) is 0.333. The molecule has 0 aromatic heterocycles. The molecule has 1 aromatic rings. The Hall–Kier alpha value is -1.49. The van der Waals surface area contributed by atoms with Crippen molar-refractivity contribution in [2.24, 2.45) is 10.2 Å². The van der Waals surface area contributed by atoms with Crippen LogP contribution in [0.25, 0.3) is 0 Å². The van der Waals surface area contributed by atoms with Crippen molar-refractivity contribution in [3.63, 3.8) is 0 Å². The zero-order valence-electron chi connectivity index (χ0n) is 10.4. The van der Waals surface area contributed by atoms with Crippen LogP contribution in [0.15, 0.2) is 46.1 Å². The minimum atomic E-state index is 0.633. The molecule has 1 aromatic carbocycles. The molecule has 5 heteroatoms. The summed E-state index contributed by atoms with van der Waals surface area (Å²) in [6.07, 6.45) is 1.87. The van der Waals surface area contributed by atoms with Crippen LogP contribution in [0, 0.1) is 0 Å². The fourth-order valence-corrected chi connectivity index (χ4v) is 1.56. The first-order valence-corrected chi connectivity index (χ1v) is 6.37. The van der Waals surface area contributed by atoms with E-state index in [4.69, 9.17) is 0 Å². The standard InChI is InChI=1S/C12H18N4S/c1-13-8-9-17-10-14-15-11-4-6-12(7-5-11)16(2)3/h4-9,13H,10H2,1-3H3/b9-8-,15-14?. The van der Waals surface area contributed by atoms with Gasteiger partial charge >= 0.3 is 0 Å². The van der Waals surface area contributed by atoms with E-state index in [0.29, 0.717) is 5.88 Å². The first kappa shape index (κ1) is 13.6. The lowest BCUT2D eigenvalue weighted by Gasteiger charge is -2.11. The van der Waals surface area contributed by atoms with Gasteiger partial charge in [-0.3, -0.25) is 0 Å². The highest BCUT2D eigenvalue weighted by atomic mass is 32.2. The van der Waals surface area contributed by atoms with Crippen LogP contribution in [0.2, 0.25) is 0 Å². The zero-order chi connectivity index (χ0) is 12.5. The lowest BCUT2D eigenvalue weighted by Crippen LogP contribution is -2.07. The van der Waals surface area contributed by atoms with Gasteiger partial charge in [-0.2, -0.15) is 10.2 Å². The Balaban J connectivity index is 2.41. The summed E-state index contributed by atoms with van der Waals surface area (Å²) in [6.45, 7) is 0. The highest BCUT2D eigenvalue weighted by Crippen LogP contribution is 2.18. The number of benzene rings is 1. The van der Waals surface area contributed by atoms with E-state index in [1.54, 1.807) is 11.8 Å². The first-order chi connectivity index (χ1) is 8.24. The number of nitrogens with zero attached hydrogens (tertiary/aromatic N) is 3. The zero-order valence-corrected chi connectivity index (χ0v) is 11.2. The van der Waals surface area contributed by atoms with E-state index in [0.717, 1.165) is 11.4 Å². The van der Waals surface area contributed by atoms with E-state index in [-0.39, 0.29) is 0 Å². The number of hydrogen-bond acceptors (Lipinski definition) is 5. The van der Waals surface area contributed by atoms with E-state index in [9.17, 15) is 0 Å². The average Bonchev–Trinajstić information content (AvgIpc) is 2.34. The molecule has 17 heavy (non-hydrogen) atoms. The van der Waals surface area contributed by atoms with Crippen LogP contribution in [0.4, 0.5) is 11.4 Å². The molecular weight excluding hydrogens is 232 g/mol. The van der Waals surface area contributed by atoms with Crippen LogP contribution in [0.1, 0.15) is 0 Å². The average molecular weight is 250 g/mol. The molecule has 0 saturated carbocycles. The number of thioether (sulfide) groups is 1. The molecule has 0 aliphatic rings. The van der Waals surface area contributed by atoms with Gasteiger partial charge in [0, 0.05) is 33.0 Å². The molecule has 92 valence electrons.